The number of carbonyl (C=O) groups is 2. The zero-order valence-electron chi connectivity index (χ0n) is 16.9. The van der Waals surface area contributed by atoms with E-state index in [9.17, 15) is 14.9 Å². The minimum atomic E-state index is -0.448. The van der Waals surface area contributed by atoms with E-state index in [1.807, 2.05) is 38.1 Å². The quantitative estimate of drug-likeness (QED) is 0.406. The summed E-state index contributed by atoms with van der Waals surface area (Å²) in [6.45, 7) is 4.46. The largest absolute Gasteiger partial charge is 0.465 e. The SMILES string of the molecule is CCc1cccc(CC)c1NC(=O)/C(C#N)=C\NCc1ccc(C(=O)OC)cc1. The number of esters is 1. The molecule has 6 heteroatoms. The maximum atomic E-state index is 12.6. The molecule has 0 aromatic heterocycles. The second kappa shape index (κ2) is 10.7. The number of hydrogen-bond acceptors (Lipinski definition) is 5. The smallest absolute Gasteiger partial charge is 0.337 e. The molecule has 0 fully saturated rings. The molecule has 2 aromatic carbocycles. The zero-order chi connectivity index (χ0) is 21.2. The molecule has 2 rings (SSSR count). The molecule has 0 bridgehead atoms. The number of para-hydroxylation sites is 1. The summed E-state index contributed by atoms with van der Waals surface area (Å²) < 4.78 is 4.67. The van der Waals surface area contributed by atoms with Crippen molar-refractivity contribution in [2.24, 2.45) is 0 Å². The number of nitriles is 1. The van der Waals surface area contributed by atoms with Crippen LogP contribution in [-0.4, -0.2) is 19.0 Å². The second-order valence-electron chi connectivity index (χ2n) is 6.35. The van der Waals surface area contributed by atoms with Crippen molar-refractivity contribution in [3.05, 3.63) is 76.5 Å². The molecule has 0 aliphatic carbocycles. The molecule has 0 spiro atoms. The van der Waals surface area contributed by atoms with Crippen LogP contribution in [0.1, 0.15) is 40.9 Å². The highest BCUT2D eigenvalue weighted by molar-refractivity contribution is 6.07. The Balaban J connectivity index is 2.06. The van der Waals surface area contributed by atoms with Crippen LogP contribution in [0.25, 0.3) is 0 Å². The van der Waals surface area contributed by atoms with Crippen LogP contribution in [0.4, 0.5) is 5.69 Å². The number of nitrogens with zero attached hydrogens (tertiary/aromatic N) is 1. The highest BCUT2D eigenvalue weighted by Gasteiger charge is 2.14. The fourth-order valence-electron chi connectivity index (χ4n) is 2.88. The Kier molecular flexibility index (Phi) is 7.99. The van der Waals surface area contributed by atoms with Crippen LogP contribution in [0.15, 0.2) is 54.2 Å². The number of methoxy groups -OCH3 is 1. The number of aryl methyl sites for hydroxylation is 2. The molecule has 0 aliphatic heterocycles. The summed E-state index contributed by atoms with van der Waals surface area (Å²) in [5, 5.41) is 15.2. The van der Waals surface area contributed by atoms with Crippen molar-refractivity contribution < 1.29 is 14.3 Å². The molecular formula is C23H25N3O3. The summed E-state index contributed by atoms with van der Waals surface area (Å²) in [5.74, 6) is -0.844. The van der Waals surface area contributed by atoms with Gasteiger partial charge in [0.15, 0.2) is 0 Å². The molecule has 0 unspecified atom stereocenters. The number of rotatable bonds is 8. The topological polar surface area (TPSA) is 91.2 Å². The van der Waals surface area contributed by atoms with Crippen molar-refractivity contribution in [1.82, 2.24) is 5.32 Å². The highest BCUT2D eigenvalue weighted by Crippen LogP contribution is 2.23. The van der Waals surface area contributed by atoms with E-state index in [0.29, 0.717) is 12.1 Å². The van der Waals surface area contributed by atoms with E-state index in [1.165, 1.54) is 13.3 Å². The number of anilines is 1. The lowest BCUT2D eigenvalue weighted by atomic mass is 10.0. The minimum absolute atomic E-state index is 0.0101. The first-order valence-electron chi connectivity index (χ1n) is 9.47. The molecule has 1 amide bonds. The molecule has 6 nitrogen and oxygen atoms in total. The summed E-state index contributed by atoms with van der Waals surface area (Å²) in [6, 6.07) is 14.8. The van der Waals surface area contributed by atoms with Gasteiger partial charge in [0.25, 0.3) is 5.91 Å². The first-order chi connectivity index (χ1) is 14.0. The van der Waals surface area contributed by atoms with Gasteiger partial charge in [0, 0.05) is 18.4 Å². The highest BCUT2D eigenvalue weighted by atomic mass is 16.5. The first-order valence-corrected chi connectivity index (χ1v) is 9.47. The second-order valence-corrected chi connectivity index (χ2v) is 6.35. The molecule has 2 N–H and O–H groups in total. The first kappa shape index (κ1) is 21.7. The Hall–Kier alpha value is -3.59. The number of amides is 1. The van der Waals surface area contributed by atoms with Gasteiger partial charge in [-0.25, -0.2) is 4.79 Å². The number of nitrogens with one attached hydrogen (secondary N) is 2. The van der Waals surface area contributed by atoms with Gasteiger partial charge in [-0.1, -0.05) is 44.2 Å². The van der Waals surface area contributed by atoms with Gasteiger partial charge in [0.2, 0.25) is 0 Å². The van der Waals surface area contributed by atoms with E-state index in [-0.39, 0.29) is 5.57 Å². The number of benzene rings is 2. The average molecular weight is 391 g/mol. The number of hydrogen-bond donors (Lipinski definition) is 2. The molecule has 0 aliphatic rings. The van der Waals surface area contributed by atoms with Crippen molar-refractivity contribution in [3.63, 3.8) is 0 Å². The van der Waals surface area contributed by atoms with Gasteiger partial charge in [0.1, 0.15) is 11.6 Å². The molecule has 0 radical (unpaired) electrons. The van der Waals surface area contributed by atoms with Gasteiger partial charge in [-0.05, 0) is 41.7 Å². The molecule has 29 heavy (non-hydrogen) atoms. The molecule has 0 saturated heterocycles. The van der Waals surface area contributed by atoms with Crippen LogP contribution in [0.2, 0.25) is 0 Å². The van der Waals surface area contributed by atoms with E-state index in [2.05, 4.69) is 15.4 Å². The van der Waals surface area contributed by atoms with Crippen molar-refractivity contribution in [2.75, 3.05) is 12.4 Å². The van der Waals surface area contributed by atoms with Gasteiger partial charge in [-0.2, -0.15) is 5.26 Å². The zero-order valence-corrected chi connectivity index (χ0v) is 16.9. The van der Waals surface area contributed by atoms with Gasteiger partial charge in [0.05, 0.1) is 12.7 Å². The Bertz CT molecular complexity index is 919. The van der Waals surface area contributed by atoms with Gasteiger partial charge in [-0.3, -0.25) is 4.79 Å². The Morgan fingerprint density at radius 2 is 1.69 bits per heavy atom. The maximum absolute atomic E-state index is 12.6. The predicted molar refractivity (Wildman–Crippen MR) is 112 cm³/mol. The van der Waals surface area contributed by atoms with Crippen LogP contribution >= 0.6 is 0 Å². The summed E-state index contributed by atoms with van der Waals surface area (Å²) in [6.07, 6.45) is 2.98. The summed E-state index contributed by atoms with van der Waals surface area (Å²) in [4.78, 5) is 24.0. The molecule has 150 valence electrons. The van der Waals surface area contributed by atoms with Crippen molar-refractivity contribution >= 4 is 17.6 Å². The molecule has 0 saturated carbocycles. The van der Waals surface area contributed by atoms with Crippen molar-refractivity contribution in [3.8, 4) is 6.07 Å². The van der Waals surface area contributed by atoms with Crippen LogP contribution in [0.3, 0.4) is 0 Å². The van der Waals surface area contributed by atoms with E-state index in [0.717, 1.165) is 35.2 Å². The van der Waals surface area contributed by atoms with E-state index < -0.39 is 11.9 Å². The summed E-state index contributed by atoms with van der Waals surface area (Å²) in [7, 11) is 1.33. The summed E-state index contributed by atoms with van der Waals surface area (Å²) in [5.41, 5.74) is 4.20. The number of ether oxygens (including phenoxy) is 1. The normalized spacial score (nSPS) is 10.8. The minimum Gasteiger partial charge on any atom is -0.465 e. The van der Waals surface area contributed by atoms with E-state index >= 15 is 0 Å². The third-order valence-electron chi connectivity index (χ3n) is 4.53. The van der Waals surface area contributed by atoms with Crippen molar-refractivity contribution in [1.29, 1.82) is 5.26 Å². The van der Waals surface area contributed by atoms with E-state index in [4.69, 9.17) is 0 Å². The molecule has 0 heterocycles. The van der Waals surface area contributed by atoms with Crippen LogP contribution < -0.4 is 10.6 Å². The van der Waals surface area contributed by atoms with Crippen LogP contribution in [0.5, 0.6) is 0 Å². The average Bonchev–Trinajstić information content (AvgIpc) is 2.76. The standard InChI is InChI=1S/C23H25N3O3/c1-4-17-7-6-8-18(5-2)21(17)26-22(27)20(13-24)15-25-14-16-9-11-19(12-10-16)23(28)29-3/h6-12,15,25H,4-5,14H2,1-3H3,(H,26,27)/b20-15-. The Morgan fingerprint density at radius 1 is 1.07 bits per heavy atom. The van der Waals surface area contributed by atoms with E-state index in [1.54, 1.807) is 24.3 Å². The van der Waals surface area contributed by atoms with Crippen molar-refractivity contribution in [2.45, 2.75) is 33.2 Å². The Labute approximate surface area is 171 Å². The van der Waals surface area contributed by atoms with Crippen LogP contribution in [-0.2, 0) is 28.9 Å². The fourth-order valence-corrected chi connectivity index (χ4v) is 2.88. The maximum Gasteiger partial charge on any atom is 0.337 e. The van der Waals surface area contributed by atoms with Gasteiger partial charge < -0.3 is 15.4 Å². The van der Waals surface area contributed by atoms with Gasteiger partial charge in [-0.15, -0.1) is 0 Å². The number of carbonyl (C=O) groups excluding carboxylic acids is 2. The third-order valence-corrected chi connectivity index (χ3v) is 4.53. The molecular weight excluding hydrogens is 366 g/mol. The molecule has 0 atom stereocenters. The van der Waals surface area contributed by atoms with Crippen LogP contribution in [0, 0.1) is 11.3 Å². The van der Waals surface area contributed by atoms with Gasteiger partial charge >= 0.3 is 5.97 Å². The lowest BCUT2D eigenvalue weighted by Gasteiger charge is -2.14. The predicted octanol–water partition coefficient (Wildman–Crippen LogP) is 3.73. The Morgan fingerprint density at radius 3 is 2.21 bits per heavy atom. The lowest BCUT2D eigenvalue weighted by Crippen LogP contribution is -2.18. The lowest BCUT2D eigenvalue weighted by molar-refractivity contribution is -0.112. The summed E-state index contributed by atoms with van der Waals surface area (Å²) >= 11 is 0. The third kappa shape index (κ3) is 5.69. The molecule has 2 aromatic rings. The monoisotopic (exact) mass is 391 g/mol. The fraction of sp³-hybridized carbons (Fsp3) is 0.261.